The van der Waals surface area contributed by atoms with Crippen molar-refractivity contribution in [3.05, 3.63) is 158 Å². The Labute approximate surface area is 276 Å². The van der Waals surface area contributed by atoms with Gasteiger partial charge in [0.05, 0.1) is 11.0 Å². The second-order valence-electron chi connectivity index (χ2n) is 11.4. The quantitative estimate of drug-likeness (QED) is 0.190. The fourth-order valence-electron chi connectivity index (χ4n) is 6.99. The first-order valence-corrected chi connectivity index (χ1v) is 15.0. The smallest absolute Gasteiger partial charge is 0.136 e. The van der Waals surface area contributed by atoms with Gasteiger partial charge in [0.2, 0.25) is 0 Å². The maximum Gasteiger partial charge on any atom is 0.136 e. The molecule has 0 spiro atoms. The highest BCUT2D eigenvalue weighted by atomic mass is 16.3. The molecule has 8 aromatic carbocycles. The molecule has 2 aromatic heterocycles. The van der Waals surface area contributed by atoms with E-state index in [2.05, 4.69) is 0 Å². The topological polar surface area (TPSA) is 26.3 Å². The van der Waals surface area contributed by atoms with Gasteiger partial charge in [-0.1, -0.05) is 127 Å². The molecular weight excluding hydrogens is 560 g/mol. The lowest BCUT2D eigenvalue weighted by molar-refractivity contribution is 0.663. The SMILES string of the molecule is [2H]c1c([2H])c([2H])c2c(-c3ccccc3-c3ccccc3)c3c([2H])c([2H])c([2H])c([2H])c3c(-c3ccc4oc5ccc6oc7ccccc7c6c5c4c3)c2c1[2H]. The lowest BCUT2D eigenvalue weighted by Gasteiger charge is -2.19. The Kier molecular flexibility index (Phi) is 3.92. The molecule has 0 atom stereocenters. The molecule has 0 aliphatic rings. The molecule has 2 heterocycles. The van der Waals surface area contributed by atoms with Crippen molar-refractivity contribution in [2.45, 2.75) is 0 Å². The van der Waals surface area contributed by atoms with Gasteiger partial charge in [0.15, 0.2) is 0 Å². The van der Waals surface area contributed by atoms with Crippen molar-refractivity contribution in [3.63, 3.8) is 0 Å². The molecule has 0 N–H and O–H groups in total. The second-order valence-corrected chi connectivity index (χ2v) is 11.4. The molecule has 0 radical (unpaired) electrons. The first kappa shape index (κ1) is 18.6. The van der Waals surface area contributed by atoms with E-state index in [9.17, 15) is 5.48 Å². The highest BCUT2D eigenvalue weighted by Crippen LogP contribution is 2.47. The minimum Gasteiger partial charge on any atom is -0.456 e. The van der Waals surface area contributed by atoms with Crippen LogP contribution in [0.2, 0.25) is 0 Å². The van der Waals surface area contributed by atoms with Gasteiger partial charge in [0.1, 0.15) is 22.3 Å². The van der Waals surface area contributed by atoms with E-state index in [4.69, 9.17) is 14.3 Å². The maximum atomic E-state index is 9.42. The molecule has 46 heavy (non-hydrogen) atoms. The van der Waals surface area contributed by atoms with Crippen molar-refractivity contribution >= 4 is 65.4 Å². The molecule has 0 aliphatic heterocycles. The summed E-state index contributed by atoms with van der Waals surface area (Å²) in [4.78, 5) is 0. The van der Waals surface area contributed by atoms with E-state index in [1.54, 1.807) is 12.1 Å². The molecule has 2 heteroatoms. The molecule has 0 saturated heterocycles. The molecule has 10 rings (SSSR count). The van der Waals surface area contributed by atoms with Crippen LogP contribution in [-0.4, -0.2) is 0 Å². The number of fused-ring (bicyclic) bond motifs is 9. The van der Waals surface area contributed by atoms with Gasteiger partial charge in [-0.2, -0.15) is 0 Å². The van der Waals surface area contributed by atoms with Crippen LogP contribution in [0.4, 0.5) is 0 Å². The van der Waals surface area contributed by atoms with Crippen molar-refractivity contribution < 1.29 is 19.8 Å². The van der Waals surface area contributed by atoms with Gasteiger partial charge in [0.25, 0.3) is 0 Å². The molecule has 214 valence electrons. The van der Waals surface area contributed by atoms with E-state index < -0.39 is 24.2 Å². The maximum absolute atomic E-state index is 9.42. The van der Waals surface area contributed by atoms with Crippen LogP contribution in [0, 0.1) is 0 Å². The zero-order valence-electron chi connectivity index (χ0n) is 32.2. The minimum atomic E-state index is -0.447. The third kappa shape index (κ3) is 3.59. The molecule has 0 amide bonds. The lowest BCUT2D eigenvalue weighted by atomic mass is 9.83. The van der Waals surface area contributed by atoms with Crippen LogP contribution in [0.15, 0.2) is 166 Å². The Morgan fingerprint density at radius 2 is 0.891 bits per heavy atom. The van der Waals surface area contributed by atoms with Crippen molar-refractivity contribution in [1.29, 1.82) is 0 Å². The van der Waals surface area contributed by atoms with Crippen molar-refractivity contribution in [2.24, 2.45) is 0 Å². The monoisotopic (exact) mass is 594 g/mol. The fourth-order valence-corrected chi connectivity index (χ4v) is 6.99. The Balaban J connectivity index is 1.44. The van der Waals surface area contributed by atoms with Gasteiger partial charge in [-0.25, -0.2) is 0 Å². The zero-order chi connectivity index (χ0) is 37.2. The second kappa shape index (κ2) is 9.69. The van der Waals surface area contributed by atoms with Crippen LogP contribution in [0.3, 0.4) is 0 Å². The van der Waals surface area contributed by atoms with Crippen molar-refractivity contribution in [1.82, 2.24) is 0 Å². The standard InChI is InChI=1S/C44H26O2/c1-2-12-27(13-3-1)29-14-4-5-15-30(29)42-33-18-8-6-16-31(33)41(32-17-7-9-19-34(32)42)28-22-23-38-36(26-28)44-40(46-38)25-24-39-43(44)35-20-10-11-21-37(35)45-39/h1-26H/i6D,7D,8D,9D,16D,17D,18D,19D. The summed E-state index contributed by atoms with van der Waals surface area (Å²) in [6.07, 6.45) is 0. The summed E-state index contributed by atoms with van der Waals surface area (Å²) in [5.74, 6) is 0. The van der Waals surface area contributed by atoms with E-state index in [-0.39, 0.29) is 51.3 Å². The summed E-state index contributed by atoms with van der Waals surface area (Å²) in [5, 5.41) is 3.94. The number of para-hydroxylation sites is 1. The Morgan fingerprint density at radius 1 is 0.370 bits per heavy atom. The van der Waals surface area contributed by atoms with Gasteiger partial charge >= 0.3 is 0 Å². The van der Waals surface area contributed by atoms with Crippen LogP contribution >= 0.6 is 0 Å². The molecular formula is C44H26O2. The Bertz CT molecular complexity index is 3170. The molecule has 0 unspecified atom stereocenters. The number of hydrogen-bond donors (Lipinski definition) is 0. The fraction of sp³-hybridized carbons (Fsp3) is 0. The largest absolute Gasteiger partial charge is 0.456 e. The summed E-state index contributed by atoms with van der Waals surface area (Å²) in [6, 6.07) is 31.0. The van der Waals surface area contributed by atoms with E-state index in [0.29, 0.717) is 33.4 Å². The molecule has 2 nitrogen and oxygen atoms in total. The first-order chi connectivity index (χ1) is 26.2. The predicted octanol–water partition coefficient (Wildman–Crippen LogP) is 12.8. The molecule has 0 aliphatic carbocycles. The van der Waals surface area contributed by atoms with Gasteiger partial charge in [-0.05, 0) is 85.3 Å². The van der Waals surface area contributed by atoms with Gasteiger partial charge in [-0.15, -0.1) is 0 Å². The van der Waals surface area contributed by atoms with E-state index in [1.807, 2.05) is 97.1 Å². The Hall–Kier alpha value is -6.12. The van der Waals surface area contributed by atoms with E-state index >= 15 is 0 Å². The number of benzene rings is 8. The van der Waals surface area contributed by atoms with E-state index in [1.165, 1.54) is 0 Å². The summed E-state index contributed by atoms with van der Waals surface area (Å²) in [5.41, 5.74) is 5.87. The van der Waals surface area contributed by atoms with Crippen LogP contribution in [0.5, 0.6) is 0 Å². The average molecular weight is 595 g/mol. The molecule has 0 saturated carbocycles. The lowest BCUT2D eigenvalue weighted by Crippen LogP contribution is -1.92. The third-order valence-electron chi connectivity index (χ3n) is 8.92. The number of rotatable bonds is 3. The van der Waals surface area contributed by atoms with Gasteiger partial charge in [-0.3, -0.25) is 0 Å². The Morgan fingerprint density at radius 3 is 1.59 bits per heavy atom. The summed E-state index contributed by atoms with van der Waals surface area (Å²) in [6.45, 7) is 0. The summed E-state index contributed by atoms with van der Waals surface area (Å²) >= 11 is 0. The van der Waals surface area contributed by atoms with Crippen molar-refractivity contribution in [3.8, 4) is 33.4 Å². The van der Waals surface area contributed by atoms with E-state index in [0.717, 1.165) is 38.3 Å². The summed E-state index contributed by atoms with van der Waals surface area (Å²) < 4.78 is 85.6. The predicted molar refractivity (Wildman–Crippen MR) is 192 cm³/mol. The number of hydrogen-bond acceptors (Lipinski definition) is 2. The first-order valence-electron chi connectivity index (χ1n) is 19.0. The average Bonchev–Trinajstić information content (AvgIpc) is 3.77. The number of furan rings is 2. The van der Waals surface area contributed by atoms with Crippen LogP contribution in [0.1, 0.15) is 11.0 Å². The van der Waals surface area contributed by atoms with Crippen molar-refractivity contribution in [2.75, 3.05) is 0 Å². The van der Waals surface area contributed by atoms with Crippen LogP contribution in [0.25, 0.3) is 98.8 Å². The normalized spacial score (nSPS) is 14.3. The molecule has 10 aromatic rings. The minimum absolute atomic E-state index is 0.155. The van der Waals surface area contributed by atoms with Gasteiger partial charge in [0, 0.05) is 21.5 Å². The van der Waals surface area contributed by atoms with Crippen LogP contribution in [-0.2, 0) is 0 Å². The molecule has 0 fully saturated rings. The summed E-state index contributed by atoms with van der Waals surface area (Å²) in [7, 11) is 0. The highest BCUT2D eigenvalue weighted by molar-refractivity contribution is 6.27. The van der Waals surface area contributed by atoms with Gasteiger partial charge < -0.3 is 8.83 Å². The van der Waals surface area contributed by atoms with Crippen LogP contribution < -0.4 is 0 Å². The zero-order valence-corrected chi connectivity index (χ0v) is 24.2. The molecule has 0 bridgehead atoms. The third-order valence-corrected chi connectivity index (χ3v) is 8.92. The highest BCUT2D eigenvalue weighted by Gasteiger charge is 2.21.